The van der Waals surface area contributed by atoms with Crippen molar-refractivity contribution in [1.29, 1.82) is 0 Å². The molecular weight excluding hydrogens is 408 g/mol. The standard InChI is InChI=1S/C21H24N2O4S2/c1-13-5-4-6-17(15(13)3)22-20(24)9-10-29(26,27)16-7-8-19-18(11-16)23-21(25)14(2)12-28-19/h4-8,11,14H,9-10,12H2,1-3H3,(H,22,24)(H,23,25)/t14-/m0/s1. The van der Waals surface area contributed by atoms with E-state index in [4.69, 9.17) is 0 Å². The van der Waals surface area contributed by atoms with Gasteiger partial charge in [0.2, 0.25) is 11.8 Å². The number of amides is 2. The fourth-order valence-corrected chi connectivity index (χ4v) is 5.19. The molecule has 0 aromatic heterocycles. The molecular formula is C21H24N2O4S2. The highest BCUT2D eigenvalue weighted by atomic mass is 32.2. The van der Waals surface area contributed by atoms with Gasteiger partial charge in [0.25, 0.3) is 0 Å². The topological polar surface area (TPSA) is 92.3 Å². The van der Waals surface area contributed by atoms with Crippen molar-refractivity contribution in [3.63, 3.8) is 0 Å². The first-order valence-electron chi connectivity index (χ1n) is 9.34. The monoisotopic (exact) mass is 432 g/mol. The van der Waals surface area contributed by atoms with Crippen molar-refractivity contribution in [3.8, 4) is 0 Å². The van der Waals surface area contributed by atoms with Gasteiger partial charge in [-0.15, -0.1) is 11.8 Å². The van der Waals surface area contributed by atoms with Gasteiger partial charge in [0, 0.05) is 28.7 Å². The van der Waals surface area contributed by atoms with E-state index in [0.29, 0.717) is 17.1 Å². The van der Waals surface area contributed by atoms with Gasteiger partial charge in [-0.25, -0.2) is 8.42 Å². The predicted molar refractivity (Wildman–Crippen MR) is 116 cm³/mol. The average Bonchev–Trinajstić information content (AvgIpc) is 2.82. The molecule has 3 rings (SSSR count). The Kier molecular flexibility index (Phi) is 6.33. The van der Waals surface area contributed by atoms with Gasteiger partial charge >= 0.3 is 0 Å². The van der Waals surface area contributed by atoms with Crippen LogP contribution in [-0.2, 0) is 19.4 Å². The van der Waals surface area contributed by atoms with Crippen LogP contribution in [-0.4, -0.2) is 31.7 Å². The van der Waals surface area contributed by atoms with E-state index < -0.39 is 9.84 Å². The van der Waals surface area contributed by atoms with Gasteiger partial charge in [-0.3, -0.25) is 9.59 Å². The van der Waals surface area contributed by atoms with Crippen LogP contribution in [0, 0.1) is 19.8 Å². The molecule has 0 fully saturated rings. The van der Waals surface area contributed by atoms with Crippen molar-refractivity contribution >= 4 is 44.8 Å². The normalized spacial score (nSPS) is 16.5. The lowest BCUT2D eigenvalue weighted by Gasteiger charge is -2.12. The van der Waals surface area contributed by atoms with Crippen LogP contribution in [0.3, 0.4) is 0 Å². The lowest BCUT2D eigenvalue weighted by Crippen LogP contribution is -2.20. The minimum Gasteiger partial charge on any atom is -0.326 e. The lowest BCUT2D eigenvalue weighted by atomic mass is 10.1. The van der Waals surface area contributed by atoms with Gasteiger partial charge < -0.3 is 10.6 Å². The number of carbonyl (C=O) groups is 2. The van der Waals surface area contributed by atoms with Crippen LogP contribution in [0.2, 0.25) is 0 Å². The Balaban J connectivity index is 1.70. The van der Waals surface area contributed by atoms with Gasteiger partial charge in [-0.05, 0) is 49.2 Å². The number of sulfone groups is 1. The van der Waals surface area contributed by atoms with E-state index in [1.807, 2.05) is 32.9 Å². The van der Waals surface area contributed by atoms with Gasteiger partial charge in [0.1, 0.15) is 0 Å². The van der Waals surface area contributed by atoms with Crippen LogP contribution < -0.4 is 10.6 Å². The molecule has 1 aliphatic heterocycles. The summed E-state index contributed by atoms with van der Waals surface area (Å²) < 4.78 is 25.5. The van der Waals surface area contributed by atoms with E-state index in [2.05, 4.69) is 10.6 Å². The smallest absolute Gasteiger partial charge is 0.228 e. The molecule has 8 heteroatoms. The van der Waals surface area contributed by atoms with E-state index in [9.17, 15) is 18.0 Å². The maximum Gasteiger partial charge on any atom is 0.228 e. The molecule has 29 heavy (non-hydrogen) atoms. The summed E-state index contributed by atoms with van der Waals surface area (Å²) in [5, 5.41) is 5.57. The Bertz CT molecular complexity index is 1060. The molecule has 1 heterocycles. The lowest BCUT2D eigenvalue weighted by molar-refractivity contribution is -0.118. The third kappa shape index (κ3) is 5.00. The second-order valence-corrected chi connectivity index (χ2v) is 10.4. The first-order valence-corrected chi connectivity index (χ1v) is 12.0. The third-order valence-electron chi connectivity index (χ3n) is 4.98. The maximum atomic E-state index is 12.7. The minimum atomic E-state index is -3.66. The Morgan fingerprint density at radius 1 is 1.24 bits per heavy atom. The third-order valence-corrected chi connectivity index (χ3v) is 8.03. The molecule has 0 aliphatic carbocycles. The van der Waals surface area contributed by atoms with Crippen molar-refractivity contribution in [2.75, 3.05) is 22.1 Å². The van der Waals surface area contributed by atoms with E-state index >= 15 is 0 Å². The Hall–Kier alpha value is -2.32. The number of aryl methyl sites for hydroxylation is 1. The Labute approximate surface area is 175 Å². The quantitative estimate of drug-likeness (QED) is 0.750. The van der Waals surface area contributed by atoms with Crippen LogP contribution >= 0.6 is 11.8 Å². The zero-order chi connectivity index (χ0) is 21.2. The summed E-state index contributed by atoms with van der Waals surface area (Å²) in [6, 6.07) is 10.3. The van der Waals surface area contributed by atoms with Gasteiger partial charge in [-0.1, -0.05) is 19.1 Å². The molecule has 1 aliphatic rings. The number of anilines is 2. The molecule has 2 aromatic rings. The van der Waals surface area contributed by atoms with E-state index in [0.717, 1.165) is 16.0 Å². The first kappa shape index (κ1) is 21.4. The molecule has 0 saturated heterocycles. The molecule has 2 aromatic carbocycles. The average molecular weight is 433 g/mol. The largest absolute Gasteiger partial charge is 0.326 e. The summed E-state index contributed by atoms with van der Waals surface area (Å²) in [5.74, 6) is -0.293. The summed E-state index contributed by atoms with van der Waals surface area (Å²) in [6.07, 6.45) is -0.148. The van der Waals surface area contributed by atoms with E-state index in [1.165, 1.54) is 23.9 Å². The van der Waals surface area contributed by atoms with Gasteiger partial charge in [0.15, 0.2) is 9.84 Å². The first-order chi connectivity index (χ1) is 13.7. The van der Waals surface area contributed by atoms with Crippen LogP contribution in [0.1, 0.15) is 24.5 Å². The van der Waals surface area contributed by atoms with Crippen molar-refractivity contribution in [1.82, 2.24) is 0 Å². The highest BCUT2D eigenvalue weighted by molar-refractivity contribution is 7.99. The highest BCUT2D eigenvalue weighted by Crippen LogP contribution is 2.34. The van der Waals surface area contributed by atoms with Gasteiger partial charge in [-0.2, -0.15) is 0 Å². The molecule has 0 spiro atoms. The number of carbonyl (C=O) groups excluding carboxylic acids is 2. The summed E-state index contributed by atoms with van der Waals surface area (Å²) in [5.41, 5.74) is 3.20. The van der Waals surface area contributed by atoms with Crippen LogP contribution in [0.25, 0.3) is 0 Å². The molecule has 0 bridgehead atoms. The van der Waals surface area contributed by atoms with Crippen molar-refractivity contribution < 1.29 is 18.0 Å². The molecule has 6 nitrogen and oxygen atoms in total. The fourth-order valence-electron chi connectivity index (χ4n) is 2.92. The number of hydrogen-bond acceptors (Lipinski definition) is 5. The van der Waals surface area contributed by atoms with Crippen LogP contribution in [0.5, 0.6) is 0 Å². The summed E-state index contributed by atoms with van der Waals surface area (Å²) in [6.45, 7) is 5.69. The second-order valence-electron chi connectivity index (χ2n) is 7.22. The molecule has 154 valence electrons. The number of fused-ring (bicyclic) bond motifs is 1. The molecule has 1 atom stereocenters. The SMILES string of the molecule is Cc1cccc(NC(=O)CCS(=O)(=O)c2ccc3c(c2)NC(=O)[C@@H](C)CS3)c1C. The zero-order valence-corrected chi connectivity index (χ0v) is 18.2. The Morgan fingerprint density at radius 2 is 2.00 bits per heavy atom. The van der Waals surface area contributed by atoms with Crippen molar-refractivity contribution in [2.45, 2.75) is 37.0 Å². The summed E-state index contributed by atoms with van der Waals surface area (Å²) in [4.78, 5) is 25.3. The van der Waals surface area contributed by atoms with Crippen LogP contribution in [0.4, 0.5) is 11.4 Å². The van der Waals surface area contributed by atoms with E-state index in [-0.39, 0.29) is 34.8 Å². The highest BCUT2D eigenvalue weighted by Gasteiger charge is 2.23. The second kappa shape index (κ2) is 8.59. The fraction of sp³-hybridized carbons (Fsp3) is 0.333. The Morgan fingerprint density at radius 3 is 2.76 bits per heavy atom. The number of hydrogen-bond donors (Lipinski definition) is 2. The summed E-state index contributed by atoms with van der Waals surface area (Å²) >= 11 is 1.52. The number of rotatable bonds is 5. The molecule has 2 amide bonds. The minimum absolute atomic E-state index is 0.103. The molecule has 0 saturated carbocycles. The zero-order valence-electron chi connectivity index (χ0n) is 16.6. The summed E-state index contributed by atoms with van der Waals surface area (Å²) in [7, 11) is -3.66. The predicted octanol–water partition coefficient (Wildman–Crippen LogP) is 3.79. The molecule has 0 radical (unpaired) electrons. The maximum absolute atomic E-state index is 12.7. The van der Waals surface area contributed by atoms with Crippen molar-refractivity contribution in [3.05, 3.63) is 47.5 Å². The molecule has 0 unspecified atom stereocenters. The number of nitrogens with one attached hydrogen (secondary N) is 2. The molecule has 2 N–H and O–H groups in total. The number of thioether (sulfide) groups is 1. The van der Waals surface area contributed by atoms with Crippen LogP contribution in [0.15, 0.2) is 46.2 Å². The van der Waals surface area contributed by atoms with E-state index in [1.54, 1.807) is 12.1 Å². The van der Waals surface area contributed by atoms with Crippen molar-refractivity contribution in [2.24, 2.45) is 5.92 Å². The number of benzene rings is 2. The van der Waals surface area contributed by atoms with Gasteiger partial charge in [0.05, 0.1) is 16.3 Å².